The molecule has 4 heterocycles. The number of allylic oxidation sites excluding steroid dienone is 2. The first-order valence-electron chi connectivity index (χ1n) is 20.0. The van der Waals surface area contributed by atoms with Crippen molar-refractivity contribution in [3.05, 3.63) is 35.6 Å². The number of ketones is 2. The third-order valence-electron chi connectivity index (χ3n) is 13.3. The molecule has 5 fully saturated rings. The van der Waals surface area contributed by atoms with Gasteiger partial charge in [-0.2, -0.15) is 0 Å². The summed E-state index contributed by atoms with van der Waals surface area (Å²) in [6.07, 6.45) is 6.47. The van der Waals surface area contributed by atoms with Crippen LogP contribution < -0.4 is 0 Å². The Morgan fingerprint density at radius 3 is 2.41 bits per heavy atom. The number of methoxy groups -OCH3 is 1. The van der Waals surface area contributed by atoms with Gasteiger partial charge in [0.25, 0.3) is 0 Å². The number of hydrogen-bond donors (Lipinski definition) is 4. The molecule has 0 aromatic heterocycles. The molecule has 1 saturated carbocycles. The van der Waals surface area contributed by atoms with Crippen LogP contribution in [-0.2, 0) is 38.1 Å². The van der Waals surface area contributed by atoms with Gasteiger partial charge in [0.05, 0.1) is 54.9 Å². The number of ether oxygens (including phenoxy) is 5. The highest BCUT2D eigenvalue weighted by Crippen LogP contribution is 2.46. The number of aliphatic hydroxyl groups is 4. The number of cyclic esters (lactones) is 1. The van der Waals surface area contributed by atoms with Crippen LogP contribution in [0, 0.1) is 41.4 Å². The highest BCUT2D eigenvalue weighted by Gasteiger charge is 2.54. The van der Waals surface area contributed by atoms with Crippen molar-refractivity contribution < 1.29 is 58.5 Å². The van der Waals surface area contributed by atoms with E-state index < -0.39 is 83.6 Å². The van der Waals surface area contributed by atoms with Crippen molar-refractivity contribution in [3.63, 3.8) is 0 Å². The average molecular weight is 761 g/mol. The number of rotatable bonds is 14. The standard InChI is InChI=1S/C42H64O12/c1-9-29(45)32-14-15-33(52-32)42(7)18-24(5)30(54-42)12-10-21(2)39-22(3)11-13-31(53-39)27(19-43)17-26-16-23(4)36(46)28(20-44)34(26)40(50-8)38(48)35-37(47)25(6)51-41(35)49/h10,17,22-24,26,28-36,39-40,43-46H,6,9,11-16,18-20H2,1-5,7-8H3. The van der Waals surface area contributed by atoms with Crippen LogP contribution in [0.5, 0.6) is 0 Å². The quantitative estimate of drug-likeness (QED) is 0.0868. The van der Waals surface area contributed by atoms with Crippen molar-refractivity contribution in [2.75, 3.05) is 20.3 Å². The predicted octanol–water partition coefficient (Wildman–Crippen LogP) is 4.01. The van der Waals surface area contributed by atoms with Gasteiger partial charge < -0.3 is 44.1 Å². The molecule has 4 aliphatic heterocycles. The Labute approximate surface area is 320 Å². The summed E-state index contributed by atoms with van der Waals surface area (Å²) in [6, 6.07) is 0. The third kappa shape index (κ3) is 8.66. The van der Waals surface area contributed by atoms with Crippen LogP contribution in [0.4, 0.5) is 0 Å². The van der Waals surface area contributed by atoms with Gasteiger partial charge in [0.2, 0.25) is 5.78 Å². The SMILES string of the molecule is C=C1OC(=O)C(C(=O)C(OC)C2C(C=C(CO)C3CCC(C)C(C(C)=CCC4OC(C)(C5CCC(C(O)CC)O5)CC4C)O3)CC(C)C(O)C2CO)C1=O. The fourth-order valence-corrected chi connectivity index (χ4v) is 10.1. The van der Waals surface area contributed by atoms with Crippen LogP contribution in [-0.4, -0.2) is 113 Å². The molecule has 1 aliphatic carbocycles. The first kappa shape index (κ1) is 42.8. The van der Waals surface area contributed by atoms with Crippen molar-refractivity contribution in [2.45, 2.75) is 147 Å². The number of esters is 1. The van der Waals surface area contributed by atoms with E-state index in [1.165, 1.54) is 7.11 Å². The fourth-order valence-electron chi connectivity index (χ4n) is 10.1. The van der Waals surface area contributed by atoms with Crippen LogP contribution in [0.2, 0.25) is 0 Å². The van der Waals surface area contributed by atoms with Crippen LogP contribution in [0.3, 0.4) is 0 Å². The summed E-state index contributed by atoms with van der Waals surface area (Å²) in [5, 5.41) is 42.8. The van der Waals surface area contributed by atoms with Crippen molar-refractivity contribution in [1.82, 2.24) is 0 Å². The first-order valence-corrected chi connectivity index (χ1v) is 20.0. The highest BCUT2D eigenvalue weighted by molar-refractivity contribution is 6.26. The summed E-state index contributed by atoms with van der Waals surface area (Å²) in [5.74, 6) is -6.59. The molecule has 0 bridgehead atoms. The van der Waals surface area contributed by atoms with E-state index in [1.807, 2.05) is 19.9 Å². The molecule has 12 heteroatoms. The van der Waals surface area contributed by atoms with Crippen LogP contribution >= 0.6 is 0 Å². The van der Waals surface area contributed by atoms with Crippen LogP contribution in [0.25, 0.3) is 0 Å². The molecular formula is C42H64O12. The zero-order valence-electron chi connectivity index (χ0n) is 33.1. The molecule has 16 atom stereocenters. The van der Waals surface area contributed by atoms with E-state index in [9.17, 15) is 34.8 Å². The molecular weight excluding hydrogens is 696 g/mol. The van der Waals surface area contributed by atoms with E-state index >= 15 is 0 Å². The molecule has 0 aromatic carbocycles. The monoisotopic (exact) mass is 760 g/mol. The number of carbonyl (C=O) groups excluding carboxylic acids is 3. The average Bonchev–Trinajstić information content (AvgIpc) is 3.83. The molecule has 304 valence electrons. The minimum Gasteiger partial charge on any atom is -0.422 e. The van der Waals surface area contributed by atoms with Crippen LogP contribution in [0.1, 0.15) is 92.9 Å². The summed E-state index contributed by atoms with van der Waals surface area (Å²) in [5.41, 5.74) is 1.31. The van der Waals surface area contributed by atoms with Gasteiger partial charge in [0.15, 0.2) is 17.5 Å². The second-order valence-electron chi connectivity index (χ2n) is 17.0. The van der Waals surface area contributed by atoms with E-state index in [2.05, 4.69) is 40.3 Å². The van der Waals surface area contributed by atoms with Gasteiger partial charge in [-0.05, 0) is 100 Å². The Morgan fingerprint density at radius 1 is 1.07 bits per heavy atom. The molecule has 54 heavy (non-hydrogen) atoms. The number of Topliss-reactive ketones (excluding diaryl/α,β-unsaturated/α-hetero) is 2. The number of carbonyl (C=O) groups is 3. The lowest BCUT2D eigenvalue weighted by atomic mass is 9.63. The van der Waals surface area contributed by atoms with Gasteiger partial charge >= 0.3 is 5.97 Å². The van der Waals surface area contributed by atoms with Crippen LogP contribution in [0.15, 0.2) is 35.6 Å². The van der Waals surface area contributed by atoms with Crippen molar-refractivity contribution in [2.24, 2.45) is 41.4 Å². The summed E-state index contributed by atoms with van der Waals surface area (Å²) in [4.78, 5) is 39.0. The van der Waals surface area contributed by atoms with E-state index in [0.29, 0.717) is 30.8 Å². The fraction of sp³-hybridized carbons (Fsp3) is 0.786. The Balaban J connectivity index is 1.32. The predicted molar refractivity (Wildman–Crippen MR) is 199 cm³/mol. The maximum Gasteiger partial charge on any atom is 0.330 e. The Hall–Kier alpha value is -2.29. The summed E-state index contributed by atoms with van der Waals surface area (Å²) >= 11 is 0. The summed E-state index contributed by atoms with van der Waals surface area (Å²) in [7, 11) is 1.30. The molecule has 0 amide bonds. The van der Waals surface area contributed by atoms with E-state index in [-0.39, 0.29) is 42.9 Å². The lowest BCUT2D eigenvalue weighted by molar-refractivity contribution is -0.155. The third-order valence-corrected chi connectivity index (χ3v) is 13.3. The molecule has 0 radical (unpaired) electrons. The van der Waals surface area contributed by atoms with Gasteiger partial charge in [-0.25, -0.2) is 0 Å². The zero-order chi connectivity index (χ0) is 39.6. The van der Waals surface area contributed by atoms with Crippen molar-refractivity contribution in [1.29, 1.82) is 0 Å². The normalized spacial score (nSPS) is 42.0. The summed E-state index contributed by atoms with van der Waals surface area (Å²) < 4.78 is 30.3. The molecule has 5 rings (SSSR count). The largest absolute Gasteiger partial charge is 0.422 e. The molecule has 0 aromatic rings. The smallest absolute Gasteiger partial charge is 0.330 e. The molecule has 4 N–H and O–H groups in total. The van der Waals surface area contributed by atoms with E-state index in [4.69, 9.17) is 23.7 Å². The molecule has 12 nitrogen and oxygen atoms in total. The lowest BCUT2D eigenvalue weighted by Gasteiger charge is -2.46. The second kappa shape index (κ2) is 17.9. The highest BCUT2D eigenvalue weighted by atomic mass is 16.6. The van der Waals surface area contributed by atoms with Gasteiger partial charge in [-0.1, -0.05) is 46.4 Å². The van der Waals surface area contributed by atoms with E-state index in [1.54, 1.807) is 0 Å². The Bertz CT molecular complexity index is 1440. The topological polar surface area (TPSA) is 178 Å². The van der Waals surface area contributed by atoms with Crippen molar-refractivity contribution in [3.8, 4) is 0 Å². The van der Waals surface area contributed by atoms with Gasteiger partial charge in [-0.3, -0.25) is 14.4 Å². The van der Waals surface area contributed by atoms with Gasteiger partial charge in [-0.15, -0.1) is 0 Å². The lowest BCUT2D eigenvalue weighted by Crippen LogP contribution is -2.53. The van der Waals surface area contributed by atoms with E-state index in [0.717, 1.165) is 37.7 Å². The minimum absolute atomic E-state index is 0.0160. The number of aliphatic hydroxyl groups excluding tert-OH is 4. The molecule has 4 saturated heterocycles. The minimum atomic E-state index is -1.73. The maximum absolute atomic E-state index is 13.8. The molecule has 16 unspecified atom stereocenters. The number of hydrogen-bond acceptors (Lipinski definition) is 12. The Morgan fingerprint density at radius 2 is 1.80 bits per heavy atom. The molecule has 0 spiro atoms. The maximum atomic E-state index is 13.8. The van der Waals surface area contributed by atoms with Crippen molar-refractivity contribution >= 4 is 17.5 Å². The van der Waals surface area contributed by atoms with Gasteiger partial charge in [0.1, 0.15) is 6.10 Å². The zero-order valence-corrected chi connectivity index (χ0v) is 33.1. The van der Waals surface area contributed by atoms with Gasteiger partial charge in [0, 0.05) is 25.6 Å². The second-order valence-corrected chi connectivity index (χ2v) is 17.0. The Kier molecular flexibility index (Phi) is 14.2. The first-order chi connectivity index (χ1) is 25.6. The molecule has 5 aliphatic rings. The summed E-state index contributed by atoms with van der Waals surface area (Å²) in [6.45, 7) is 15.1.